The summed E-state index contributed by atoms with van der Waals surface area (Å²) in [5.41, 5.74) is 11.5. The lowest BCUT2D eigenvalue weighted by molar-refractivity contribution is -0.122. The number of hydrogen-bond donors (Lipinski definition) is 2. The van der Waals surface area contributed by atoms with Crippen LogP contribution in [0.25, 0.3) is 0 Å². The van der Waals surface area contributed by atoms with Gasteiger partial charge in [-0.25, -0.2) is 4.79 Å². The quantitative estimate of drug-likeness (QED) is 0.725. The van der Waals surface area contributed by atoms with Crippen molar-refractivity contribution in [3.8, 4) is 0 Å². The predicted molar refractivity (Wildman–Crippen MR) is 63.2 cm³/mol. The summed E-state index contributed by atoms with van der Waals surface area (Å²) in [5, 5.41) is 0. The second-order valence-electron chi connectivity index (χ2n) is 3.85. The molecule has 1 unspecified atom stereocenters. The molecule has 0 aliphatic heterocycles. The fourth-order valence-electron chi connectivity index (χ4n) is 1.32. The van der Waals surface area contributed by atoms with E-state index in [1.165, 1.54) is 0 Å². The maximum absolute atomic E-state index is 11.7. The minimum Gasteiger partial charge on any atom is -0.460 e. The molecule has 1 aromatic heterocycles. The Kier molecular flexibility index (Phi) is 4.14. The molecular weight excluding hydrogens is 222 g/mol. The highest BCUT2D eigenvalue weighted by Gasteiger charge is 2.16. The van der Waals surface area contributed by atoms with Crippen molar-refractivity contribution in [3.05, 3.63) is 18.0 Å². The van der Waals surface area contributed by atoms with Crippen LogP contribution in [0.15, 0.2) is 12.3 Å². The van der Waals surface area contributed by atoms with Crippen molar-refractivity contribution in [2.24, 2.45) is 11.7 Å². The lowest BCUT2D eigenvalue weighted by Gasteiger charge is -2.09. The van der Waals surface area contributed by atoms with E-state index in [1.807, 2.05) is 6.92 Å². The van der Waals surface area contributed by atoms with Gasteiger partial charge in [-0.2, -0.15) is 0 Å². The van der Waals surface area contributed by atoms with Crippen LogP contribution in [0.4, 0.5) is 5.69 Å². The molecule has 0 aliphatic carbocycles. The minimum atomic E-state index is -0.503. The van der Waals surface area contributed by atoms with E-state index in [4.69, 9.17) is 16.2 Å². The molecule has 94 valence electrons. The van der Waals surface area contributed by atoms with Gasteiger partial charge in [-0.05, 0) is 13.0 Å². The van der Waals surface area contributed by atoms with Gasteiger partial charge in [0.2, 0.25) is 5.91 Å². The van der Waals surface area contributed by atoms with Gasteiger partial charge in [-0.15, -0.1) is 0 Å². The third-order valence-electron chi connectivity index (χ3n) is 2.42. The number of anilines is 1. The Morgan fingerprint density at radius 1 is 1.53 bits per heavy atom. The first-order valence-corrected chi connectivity index (χ1v) is 5.37. The number of nitrogen functional groups attached to an aromatic ring is 1. The van der Waals surface area contributed by atoms with Gasteiger partial charge in [0.05, 0.1) is 11.6 Å². The van der Waals surface area contributed by atoms with Gasteiger partial charge in [-0.1, -0.05) is 6.92 Å². The number of nitrogens with two attached hydrogens (primary N) is 2. The number of ether oxygens (including phenoxy) is 1. The zero-order valence-electron chi connectivity index (χ0n) is 9.97. The van der Waals surface area contributed by atoms with Crippen molar-refractivity contribution in [1.82, 2.24) is 4.57 Å². The molecule has 0 bridgehead atoms. The molecule has 0 aliphatic rings. The fourth-order valence-corrected chi connectivity index (χ4v) is 1.32. The molecular formula is C11H17N3O3. The van der Waals surface area contributed by atoms with E-state index in [0.29, 0.717) is 17.9 Å². The van der Waals surface area contributed by atoms with E-state index in [-0.39, 0.29) is 6.61 Å². The van der Waals surface area contributed by atoms with Crippen LogP contribution < -0.4 is 11.5 Å². The molecule has 4 N–H and O–H groups in total. The lowest BCUT2D eigenvalue weighted by Crippen LogP contribution is -2.26. The smallest absolute Gasteiger partial charge is 0.355 e. The number of carbonyl (C=O) groups excluding carboxylic acids is 2. The van der Waals surface area contributed by atoms with Gasteiger partial charge >= 0.3 is 5.97 Å². The molecule has 1 aromatic rings. The summed E-state index contributed by atoms with van der Waals surface area (Å²) in [5.74, 6) is -1.50. The van der Waals surface area contributed by atoms with Gasteiger partial charge in [0.15, 0.2) is 0 Å². The summed E-state index contributed by atoms with van der Waals surface area (Å²) >= 11 is 0. The Balaban J connectivity index is 2.66. The molecule has 6 heteroatoms. The molecule has 1 rings (SSSR count). The van der Waals surface area contributed by atoms with Crippen molar-refractivity contribution in [1.29, 1.82) is 0 Å². The highest BCUT2D eigenvalue weighted by atomic mass is 16.5. The van der Waals surface area contributed by atoms with E-state index < -0.39 is 17.8 Å². The third kappa shape index (κ3) is 3.24. The van der Waals surface area contributed by atoms with Crippen molar-refractivity contribution >= 4 is 17.6 Å². The maximum atomic E-state index is 11.7. The average molecular weight is 239 g/mol. The second kappa shape index (κ2) is 5.38. The van der Waals surface area contributed by atoms with Crippen LogP contribution in [-0.4, -0.2) is 23.1 Å². The monoisotopic (exact) mass is 239 g/mol. The highest BCUT2D eigenvalue weighted by Crippen LogP contribution is 2.12. The van der Waals surface area contributed by atoms with E-state index in [2.05, 4.69) is 0 Å². The zero-order valence-corrected chi connectivity index (χ0v) is 9.97. The first-order chi connectivity index (χ1) is 7.95. The number of hydrogen-bond acceptors (Lipinski definition) is 4. The topological polar surface area (TPSA) is 100 Å². The van der Waals surface area contributed by atoms with Crippen molar-refractivity contribution in [2.45, 2.75) is 20.4 Å². The maximum Gasteiger partial charge on any atom is 0.355 e. The average Bonchev–Trinajstić information content (AvgIpc) is 2.66. The van der Waals surface area contributed by atoms with Crippen LogP contribution in [0.1, 0.15) is 24.3 Å². The molecule has 0 saturated carbocycles. The van der Waals surface area contributed by atoms with E-state index in [0.717, 1.165) is 0 Å². The summed E-state index contributed by atoms with van der Waals surface area (Å²) < 4.78 is 6.68. The lowest BCUT2D eigenvalue weighted by atomic mass is 10.2. The van der Waals surface area contributed by atoms with Gasteiger partial charge < -0.3 is 20.8 Å². The van der Waals surface area contributed by atoms with Crippen molar-refractivity contribution in [3.63, 3.8) is 0 Å². The van der Waals surface area contributed by atoms with Crippen LogP contribution in [0, 0.1) is 5.92 Å². The molecule has 6 nitrogen and oxygen atoms in total. The molecule has 0 fully saturated rings. The van der Waals surface area contributed by atoms with Crippen molar-refractivity contribution < 1.29 is 14.3 Å². The summed E-state index contributed by atoms with van der Waals surface area (Å²) in [6, 6.07) is 1.54. The van der Waals surface area contributed by atoms with Crippen LogP contribution in [0.2, 0.25) is 0 Å². The molecule has 0 spiro atoms. The molecule has 1 heterocycles. The van der Waals surface area contributed by atoms with Crippen LogP contribution in [0.3, 0.4) is 0 Å². The normalized spacial score (nSPS) is 12.1. The summed E-state index contributed by atoms with van der Waals surface area (Å²) in [6.45, 7) is 4.08. The highest BCUT2D eigenvalue weighted by molar-refractivity contribution is 5.89. The van der Waals surface area contributed by atoms with E-state index >= 15 is 0 Å². The van der Waals surface area contributed by atoms with E-state index in [9.17, 15) is 9.59 Å². The SMILES string of the molecule is CCn1cc(N)cc1C(=O)OCC(C)C(N)=O. The van der Waals surface area contributed by atoms with Crippen LogP contribution >= 0.6 is 0 Å². The Morgan fingerprint density at radius 2 is 2.18 bits per heavy atom. The second-order valence-corrected chi connectivity index (χ2v) is 3.85. The van der Waals surface area contributed by atoms with Crippen molar-refractivity contribution in [2.75, 3.05) is 12.3 Å². The third-order valence-corrected chi connectivity index (χ3v) is 2.42. The number of aryl methyl sites for hydroxylation is 1. The molecule has 1 amide bonds. The van der Waals surface area contributed by atoms with Gasteiger partial charge in [0, 0.05) is 12.7 Å². The summed E-state index contributed by atoms with van der Waals surface area (Å²) in [7, 11) is 0. The molecule has 0 radical (unpaired) electrons. The Hall–Kier alpha value is -1.98. The number of primary amides is 1. The molecule has 0 saturated heterocycles. The number of rotatable bonds is 5. The molecule has 17 heavy (non-hydrogen) atoms. The summed E-state index contributed by atoms with van der Waals surface area (Å²) in [4.78, 5) is 22.5. The molecule has 0 aromatic carbocycles. The zero-order chi connectivity index (χ0) is 13.0. The number of amides is 1. The van der Waals surface area contributed by atoms with Gasteiger partial charge in [0.1, 0.15) is 12.3 Å². The standard InChI is InChI=1S/C11H17N3O3/c1-3-14-5-8(12)4-9(14)11(16)17-6-7(2)10(13)15/h4-5,7H,3,6,12H2,1-2H3,(H2,13,15). The fraction of sp³-hybridized carbons (Fsp3) is 0.455. The predicted octanol–water partition coefficient (Wildman–Crippen LogP) is 0.368. The van der Waals surface area contributed by atoms with E-state index in [1.54, 1.807) is 23.8 Å². The van der Waals surface area contributed by atoms with Gasteiger partial charge in [-0.3, -0.25) is 4.79 Å². The number of esters is 1. The summed E-state index contributed by atoms with van der Waals surface area (Å²) in [6.07, 6.45) is 1.66. The first kappa shape index (κ1) is 13.1. The Bertz CT molecular complexity index is 426. The Morgan fingerprint density at radius 3 is 2.71 bits per heavy atom. The number of carbonyl (C=O) groups is 2. The largest absolute Gasteiger partial charge is 0.460 e. The molecule has 1 atom stereocenters. The Labute approximate surface area is 99.5 Å². The minimum absolute atomic E-state index is 0.0248. The van der Waals surface area contributed by atoms with Crippen LogP contribution in [0.5, 0.6) is 0 Å². The first-order valence-electron chi connectivity index (χ1n) is 5.37. The number of nitrogens with zero attached hydrogens (tertiary/aromatic N) is 1. The van der Waals surface area contributed by atoms with Crippen LogP contribution in [-0.2, 0) is 16.1 Å². The van der Waals surface area contributed by atoms with Gasteiger partial charge in [0.25, 0.3) is 0 Å². The number of aromatic nitrogens is 1.